The van der Waals surface area contributed by atoms with E-state index in [-0.39, 0.29) is 0 Å². The van der Waals surface area contributed by atoms with Gasteiger partial charge in [0.2, 0.25) is 5.00 Å². The molecule has 88 valence electrons. The van der Waals surface area contributed by atoms with Crippen LogP contribution >= 0.6 is 11.6 Å². The summed E-state index contributed by atoms with van der Waals surface area (Å²) >= 11 is 6.27. The lowest BCUT2D eigenvalue weighted by molar-refractivity contribution is 0.400. The summed E-state index contributed by atoms with van der Waals surface area (Å²) in [6, 6.07) is 3.99. The summed E-state index contributed by atoms with van der Waals surface area (Å²) in [6.45, 7) is 1.81. The highest BCUT2D eigenvalue weighted by Crippen LogP contribution is 2.32. The van der Waals surface area contributed by atoms with E-state index in [1.165, 1.54) is 19.3 Å². The molecule has 0 amide bonds. The van der Waals surface area contributed by atoms with E-state index in [1.54, 1.807) is 13.2 Å². The molecule has 4 heteroatoms. The van der Waals surface area contributed by atoms with E-state index in [0.717, 1.165) is 12.8 Å². The fourth-order valence-corrected chi connectivity index (χ4v) is 2.13. The van der Waals surface area contributed by atoms with Crippen molar-refractivity contribution in [3.63, 3.8) is 0 Å². The second kappa shape index (κ2) is 5.00. The maximum atomic E-state index is 6.27. The summed E-state index contributed by atoms with van der Waals surface area (Å²) in [5.41, 5.74) is 0. The molecule has 16 heavy (non-hydrogen) atoms. The Balaban J connectivity index is 1.99. The minimum absolute atomic E-state index is 0.349. The third-order valence-electron chi connectivity index (χ3n) is 2.95. The van der Waals surface area contributed by atoms with Crippen LogP contribution in [0.2, 0.25) is 0 Å². The molecule has 0 saturated heterocycles. The minimum atomic E-state index is -0.860. The molecule has 1 aliphatic rings. The van der Waals surface area contributed by atoms with Gasteiger partial charge in [-0.1, -0.05) is 30.9 Å². The van der Waals surface area contributed by atoms with Crippen molar-refractivity contribution in [2.45, 2.75) is 50.1 Å². The second-order valence-corrected chi connectivity index (χ2v) is 5.17. The van der Waals surface area contributed by atoms with E-state index in [0.29, 0.717) is 11.8 Å². The quantitative estimate of drug-likeness (QED) is 0.436. The summed E-state index contributed by atoms with van der Waals surface area (Å²) in [5, 5.41) is 8.56. The van der Waals surface area contributed by atoms with E-state index in [2.05, 4.69) is 10.2 Å². The van der Waals surface area contributed by atoms with Gasteiger partial charge in [-0.15, -0.1) is 0 Å². The Morgan fingerprint density at radius 1 is 1.38 bits per heavy atom. The van der Waals surface area contributed by atoms with Crippen LogP contribution in [-0.4, -0.2) is 6.04 Å². The second-order valence-electron chi connectivity index (χ2n) is 4.44. The van der Waals surface area contributed by atoms with Gasteiger partial charge < -0.3 is 4.42 Å². The average Bonchev–Trinajstić information content (AvgIpc) is 2.82. The third kappa shape index (κ3) is 2.85. The van der Waals surface area contributed by atoms with Gasteiger partial charge in [0.25, 0.3) is 0 Å². The molecule has 0 N–H and O–H groups in total. The standard InChI is InChI=1S/C12H17ClN2O/c1-12(13,11-8-5-9-16-11)15-14-10-6-3-2-4-7-10/h5,8-10H,2-4,6-7H2,1H3. The van der Waals surface area contributed by atoms with Crippen LogP contribution < -0.4 is 0 Å². The normalized spacial score (nSPS) is 22.4. The molecule has 1 aromatic heterocycles. The molecule has 0 radical (unpaired) electrons. The molecule has 1 aromatic rings. The molecule has 3 nitrogen and oxygen atoms in total. The predicted octanol–water partition coefficient (Wildman–Crippen LogP) is 4.48. The Morgan fingerprint density at radius 3 is 2.75 bits per heavy atom. The number of hydrogen-bond acceptors (Lipinski definition) is 3. The zero-order valence-corrected chi connectivity index (χ0v) is 10.3. The highest BCUT2D eigenvalue weighted by molar-refractivity contribution is 6.23. The smallest absolute Gasteiger partial charge is 0.208 e. The molecule has 1 saturated carbocycles. The van der Waals surface area contributed by atoms with Crippen LogP contribution in [0.1, 0.15) is 44.8 Å². The van der Waals surface area contributed by atoms with Crippen molar-refractivity contribution in [1.29, 1.82) is 0 Å². The SMILES string of the molecule is CC(Cl)(N=NC1CCCCC1)c1ccco1. The van der Waals surface area contributed by atoms with Crippen LogP contribution in [0.5, 0.6) is 0 Å². The van der Waals surface area contributed by atoms with Crippen LogP contribution in [0.25, 0.3) is 0 Å². The van der Waals surface area contributed by atoms with Crippen molar-refractivity contribution in [2.24, 2.45) is 10.2 Å². The lowest BCUT2D eigenvalue weighted by atomic mass is 9.96. The van der Waals surface area contributed by atoms with Crippen molar-refractivity contribution >= 4 is 11.6 Å². The van der Waals surface area contributed by atoms with E-state index < -0.39 is 5.00 Å². The van der Waals surface area contributed by atoms with Crippen LogP contribution in [0, 0.1) is 0 Å². The van der Waals surface area contributed by atoms with Crippen LogP contribution in [-0.2, 0) is 5.00 Å². The van der Waals surface area contributed by atoms with Crippen LogP contribution in [0.15, 0.2) is 33.0 Å². The molecular weight excluding hydrogens is 224 g/mol. The van der Waals surface area contributed by atoms with Crippen molar-refractivity contribution in [3.8, 4) is 0 Å². The first-order valence-corrected chi connectivity index (χ1v) is 6.21. The van der Waals surface area contributed by atoms with Crippen molar-refractivity contribution in [1.82, 2.24) is 0 Å². The first kappa shape index (κ1) is 11.6. The first-order chi connectivity index (χ1) is 7.68. The third-order valence-corrected chi connectivity index (χ3v) is 3.22. The number of hydrogen-bond donors (Lipinski definition) is 0. The molecule has 1 heterocycles. The number of azo groups is 1. The Morgan fingerprint density at radius 2 is 2.12 bits per heavy atom. The summed E-state index contributed by atoms with van der Waals surface area (Å²) in [7, 11) is 0. The number of furan rings is 1. The molecule has 0 aromatic carbocycles. The van der Waals surface area contributed by atoms with Crippen LogP contribution in [0.4, 0.5) is 0 Å². The van der Waals surface area contributed by atoms with Gasteiger partial charge in [-0.05, 0) is 31.9 Å². The summed E-state index contributed by atoms with van der Waals surface area (Å²) in [4.78, 5) is -0.860. The maximum absolute atomic E-state index is 6.27. The Bertz CT molecular complexity index is 340. The Kier molecular flexibility index (Phi) is 3.64. The fourth-order valence-electron chi connectivity index (χ4n) is 1.97. The fraction of sp³-hybridized carbons (Fsp3) is 0.667. The monoisotopic (exact) mass is 240 g/mol. The molecule has 1 unspecified atom stereocenters. The Labute approximate surface area is 101 Å². The van der Waals surface area contributed by atoms with Crippen molar-refractivity contribution < 1.29 is 4.42 Å². The van der Waals surface area contributed by atoms with Crippen molar-refractivity contribution in [2.75, 3.05) is 0 Å². The molecule has 1 aliphatic carbocycles. The van der Waals surface area contributed by atoms with Gasteiger partial charge in [-0.25, -0.2) is 0 Å². The molecular formula is C12H17ClN2O. The number of nitrogens with zero attached hydrogens (tertiary/aromatic N) is 2. The van der Waals surface area contributed by atoms with Gasteiger partial charge in [-0.2, -0.15) is 10.2 Å². The predicted molar refractivity (Wildman–Crippen MR) is 63.6 cm³/mol. The number of rotatable bonds is 3. The summed E-state index contributed by atoms with van der Waals surface area (Å²) < 4.78 is 5.25. The molecule has 1 atom stereocenters. The van der Waals surface area contributed by atoms with Crippen molar-refractivity contribution in [3.05, 3.63) is 24.2 Å². The van der Waals surface area contributed by atoms with Gasteiger partial charge in [0, 0.05) is 0 Å². The minimum Gasteiger partial charge on any atom is -0.465 e. The molecule has 0 bridgehead atoms. The van der Waals surface area contributed by atoms with Gasteiger partial charge in [-0.3, -0.25) is 0 Å². The number of halogens is 1. The van der Waals surface area contributed by atoms with E-state index >= 15 is 0 Å². The highest BCUT2D eigenvalue weighted by atomic mass is 35.5. The maximum Gasteiger partial charge on any atom is 0.208 e. The highest BCUT2D eigenvalue weighted by Gasteiger charge is 2.26. The molecule has 0 spiro atoms. The van der Waals surface area contributed by atoms with Gasteiger partial charge in [0.15, 0.2) is 0 Å². The lowest BCUT2D eigenvalue weighted by Gasteiger charge is -2.18. The summed E-state index contributed by atoms with van der Waals surface area (Å²) in [6.07, 6.45) is 7.70. The zero-order valence-electron chi connectivity index (χ0n) is 9.53. The summed E-state index contributed by atoms with van der Waals surface area (Å²) in [5.74, 6) is 0.647. The first-order valence-electron chi connectivity index (χ1n) is 5.83. The zero-order chi connectivity index (χ0) is 11.4. The van der Waals surface area contributed by atoms with Gasteiger partial charge in [0.1, 0.15) is 5.76 Å². The van der Waals surface area contributed by atoms with E-state index in [1.807, 2.05) is 12.1 Å². The Hall–Kier alpha value is -0.830. The number of alkyl halides is 1. The largest absolute Gasteiger partial charge is 0.465 e. The van der Waals surface area contributed by atoms with Crippen LogP contribution in [0.3, 0.4) is 0 Å². The lowest BCUT2D eigenvalue weighted by Crippen LogP contribution is -2.13. The molecule has 0 aliphatic heterocycles. The van der Waals surface area contributed by atoms with E-state index in [9.17, 15) is 0 Å². The molecule has 2 rings (SSSR count). The average molecular weight is 241 g/mol. The topological polar surface area (TPSA) is 37.9 Å². The molecule has 1 fully saturated rings. The van der Waals surface area contributed by atoms with Gasteiger partial charge >= 0.3 is 0 Å². The van der Waals surface area contributed by atoms with Gasteiger partial charge in [0.05, 0.1) is 12.3 Å². The van der Waals surface area contributed by atoms with E-state index in [4.69, 9.17) is 16.0 Å².